The van der Waals surface area contributed by atoms with Crippen LogP contribution in [0.15, 0.2) is 29.2 Å². The van der Waals surface area contributed by atoms with Crippen molar-refractivity contribution in [2.75, 3.05) is 23.3 Å². The maximum absolute atomic E-state index is 12.5. The number of sulfonamides is 1. The van der Waals surface area contributed by atoms with Crippen LogP contribution in [0.3, 0.4) is 0 Å². The monoisotopic (exact) mass is 425 g/mol. The van der Waals surface area contributed by atoms with Crippen molar-refractivity contribution in [1.82, 2.24) is 15.5 Å². The van der Waals surface area contributed by atoms with Gasteiger partial charge in [0.1, 0.15) is 5.01 Å². The van der Waals surface area contributed by atoms with Crippen molar-refractivity contribution in [3.8, 4) is 0 Å². The Morgan fingerprint density at radius 2 is 1.89 bits per heavy atom. The quantitative estimate of drug-likeness (QED) is 0.654. The van der Waals surface area contributed by atoms with Crippen LogP contribution in [0.4, 0.5) is 15.6 Å². The van der Waals surface area contributed by atoms with Crippen molar-refractivity contribution < 1.29 is 17.9 Å². The first-order valence-corrected chi connectivity index (χ1v) is 11.2. The fraction of sp³-hybridized carbons (Fsp3) is 0.471. The summed E-state index contributed by atoms with van der Waals surface area (Å²) in [5.41, 5.74) is 0.186. The van der Waals surface area contributed by atoms with Crippen LogP contribution in [0.5, 0.6) is 0 Å². The van der Waals surface area contributed by atoms with Gasteiger partial charge in [0, 0.05) is 24.4 Å². The molecule has 0 unspecified atom stereocenters. The van der Waals surface area contributed by atoms with Gasteiger partial charge in [-0.2, -0.15) is 0 Å². The second-order valence-corrected chi connectivity index (χ2v) is 9.48. The first kappa shape index (κ1) is 20.5. The molecule has 0 spiro atoms. The van der Waals surface area contributed by atoms with E-state index in [0.717, 1.165) is 17.8 Å². The number of urea groups is 1. The zero-order chi connectivity index (χ0) is 20.2. The van der Waals surface area contributed by atoms with E-state index in [1.807, 2.05) is 13.8 Å². The van der Waals surface area contributed by atoms with Crippen LogP contribution in [-0.2, 0) is 21.2 Å². The van der Waals surface area contributed by atoms with Gasteiger partial charge in [0.25, 0.3) is 10.0 Å². The molecule has 1 aromatic heterocycles. The summed E-state index contributed by atoms with van der Waals surface area (Å²) in [6.45, 7) is 5.13. The molecule has 0 aliphatic carbocycles. The van der Waals surface area contributed by atoms with Crippen molar-refractivity contribution in [3.05, 3.63) is 29.3 Å². The molecule has 11 heteroatoms. The summed E-state index contributed by atoms with van der Waals surface area (Å²) >= 11 is 1.20. The number of amides is 2. The molecule has 2 heterocycles. The molecule has 1 aliphatic heterocycles. The summed E-state index contributed by atoms with van der Waals surface area (Å²) in [7, 11) is -3.77. The van der Waals surface area contributed by atoms with Gasteiger partial charge in [0.15, 0.2) is 0 Å². The molecule has 2 amide bonds. The molecule has 3 N–H and O–H groups in total. The number of nitrogens with zero attached hydrogens (tertiary/aromatic N) is 2. The molecule has 0 bridgehead atoms. The van der Waals surface area contributed by atoms with Gasteiger partial charge in [0.2, 0.25) is 5.13 Å². The minimum Gasteiger partial charge on any atom is -0.381 e. The van der Waals surface area contributed by atoms with Gasteiger partial charge in [-0.05, 0) is 50.5 Å². The Morgan fingerprint density at radius 3 is 2.50 bits per heavy atom. The molecule has 1 fully saturated rings. The Hall–Kier alpha value is -2.24. The van der Waals surface area contributed by atoms with Crippen LogP contribution >= 0.6 is 11.3 Å². The minimum absolute atomic E-state index is 0.0723. The Morgan fingerprint density at radius 1 is 1.21 bits per heavy atom. The van der Waals surface area contributed by atoms with Crippen LogP contribution in [0, 0.1) is 0 Å². The van der Waals surface area contributed by atoms with E-state index in [0.29, 0.717) is 25.3 Å². The summed E-state index contributed by atoms with van der Waals surface area (Å²) < 4.78 is 32.6. The summed E-state index contributed by atoms with van der Waals surface area (Å²) in [6.07, 6.45) is 2.18. The zero-order valence-electron chi connectivity index (χ0n) is 15.7. The first-order chi connectivity index (χ1) is 13.3. The average molecular weight is 426 g/mol. The highest BCUT2D eigenvalue weighted by molar-refractivity contribution is 7.93. The molecule has 28 heavy (non-hydrogen) atoms. The van der Waals surface area contributed by atoms with Crippen molar-refractivity contribution in [2.24, 2.45) is 0 Å². The highest BCUT2D eigenvalue weighted by Gasteiger charge is 2.29. The van der Waals surface area contributed by atoms with E-state index in [1.165, 1.54) is 35.6 Å². The Labute approximate surface area is 168 Å². The predicted molar refractivity (Wildman–Crippen MR) is 107 cm³/mol. The highest BCUT2D eigenvalue weighted by Crippen LogP contribution is 2.22. The van der Waals surface area contributed by atoms with Gasteiger partial charge in [-0.15, -0.1) is 10.2 Å². The molecule has 0 radical (unpaired) electrons. The summed E-state index contributed by atoms with van der Waals surface area (Å²) in [5, 5.41) is 14.4. The summed E-state index contributed by atoms with van der Waals surface area (Å²) in [6, 6.07) is 5.60. The van der Waals surface area contributed by atoms with E-state index in [4.69, 9.17) is 4.74 Å². The topological polar surface area (TPSA) is 122 Å². The van der Waals surface area contributed by atoms with E-state index in [-0.39, 0.29) is 21.6 Å². The number of rotatable bonds is 6. The zero-order valence-corrected chi connectivity index (χ0v) is 17.3. The first-order valence-electron chi connectivity index (χ1n) is 8.92. The molecule has 0 atom stereocenters. The van der Waals surface area contributed by atoms with E-state index in [2.05, 4.69) is 25.6 Å². The number of carbonyl (C=O) groups excluding carboxylic acids is 1. The van der Waals surface area contributed by atoms with E-state index >= 15 is 0 Å². The van der Waals surface area contributed by atoms with Gasteiger partial charge in [-0.1, -0.05) is 18.3 Å². The van der Waals surface area contributed by atoms with E-state index < -0.39 is 10.0 Å². The van der Waals surface area contributed by atoms with Gasteiger partial charge in [0.05, 0.1) is 4.90 Å². The number of hydrogen-bond donors (Lipinski definition) is 3. The Kier molecular flexibility index (Phi) is 6.16. The van der Waals surface area contributed by atoms with E-state index in [1.54, 1.807) is 0 Å². The standard InChI is InChI=1S/C17H23N5O4S2/c1-3-14-20-21-16(27-14)22-28(24,25)13-6-4-12(5-7-13)18-15(23)19-17(2)8-10-26-11-9-17/h4-7H,3,8-11H2,1-2H3,(H,21,22)(H2,18,19,23). The number of anilines is 2. The van der Waals surface area contributed by atoms with Crippen molar-refractivity contribution in [3.63, 3.8) is 0 Å². The second kappa shape index (κ2) is 8.41. The lowest BCUT2D eigenvalue weighted by Gasteiger charge is -2.34. The molecule has 1 aliphatic rings. The van der Waals surface area contributed by atoms with Crippen LogP contribution in [-0.4, -0.2) is 43.4 Å². The third-order valence-electron chi connectivity index (χ3n) is 4.43. The lowest BCUT2D eigenvalue weighted by molar-refractivity contribution is 0.0499. The Balaban J connectivity index is 1.61. The number of nitrogens with one attached hydrogen (secondary N) is 3. The van der Waals surface area contributed by atoms with Gasteiger partial charge >= 0.3 is 6.03 Å². The molecular weight excluding hydrogens is 402 g/mol. The largest absolute Gasteiger partial charge is 0.381 e. The van der Waals surface area contributed by atoms with Gasteiger partial charge in [-0.3, -0.25) is 4.72 Å². The maximum Gasteiger partial charge on any atom is 0.319 e. The third-order valence-corrected chi connectivity index (χ3v) is 6.89. The molecule has 9 nitrogen and oxygen atoms in total. The molecule has 152 valence electrons. The number of aryl methyl sites for hydroxylation is 1. The number of carbonyl (C=O) groups is 1. The predicted octanol–water partition coefficient (Wildman–Crippen LogP) is 2.59. The van der Waals surface area contributed by atoms with Crippen LogP contribution in [0.2, 0.25) is 0 Å². The number of aromatic nitrogens is 2. The lowest BCUT2D eigenvalue weighted by atomic mass is 9.93. The smallest absolute Gasteiger partial charge is 0.319 e. The number of benzene rings is 1. The minimum atomic E-state index is -3.77. The summed E-state index contributed by atoms with van der Waals surface area (Å²) in [4.78, 5) is 12.3. The molecule has 1 saturated heterocycles. The van der Waals surface area contributed by atoms with Gasteiger partial charge < -0.3 is 15.4 Å². The molecular formula is C17H23N5O4S2. The molecule has 0 saturated carbocycles. The average Bonchev–Trinajstić information content (AvgIpc) is 3.09. The van der Waals surface area contributed by atoms with Crippen molar-refractivity contribution in [1.29, 1.82) is 0 Å². The fourth-order valence-corrected chi connectivity index (χ4v) is 4.62. The van der Waals surface area contributed by atoms with Crippen LogP contribution in [0.25, 0.3) is 0 Å². The fourth-order valence-electron chi connectivity index (χ4n) is 2.71. The Bertz CT molecular complexity index is 921. The number of hydrogen-bond acceptors (Lipinski definition) is 7. The third kappa shape index (κ3) is 5.18. The molecule has 1 aromatic carbocycles. The maximum atomic E-state index is 12.5. The van der Waals surface area contributed by atoms with E-state index in [9.17, 15) is 13.2 Å². The van der Waals surface area contributed by atoms with Crippen LogP contribution in [0.1, 0.15) is 31.7 Å². The van der Waals surface area contributed by atoms with Gasteiger partial charge in [-0.25, -0.2) is 13.2 Å². The lowest BCUT2D eigenvalue weighted by Crippen LogP contribution is -2.51. The van der Waals surface area contributed by atoms with Crippen LogP contribution < -0.4 is 15.4 Å². The number of ether oxygens (including phenoxy) is 1. The SMILES string of the molecule is CCc1nnc(NS(=O)(=O)c2ccc(NC(=O)NC3(C)CCOCC3)cc2)s1. The summed E-state index contributed by atoms with van der Waals surface area (Å²) in [5.74, 6) is 0. The molecule has 3 rings (SSSR count). The molecule has 2 aromatic rings. The normalized spacial score (nSPS) is 16.4. The highest BCUT2D eigenvalue weighted by atomic mass is 32.2. The van der Waals surface area contributed by atoms with Crippen molar-refractivity contribution >= 4 is 38.2 Å². The second-order valence-electron chi connectivity index (χ2n) is 6.74. The van der Waals surface area contributed by atoms with Crippen molar-refractivity contribution in [2.45, 2.75) is 43.5 Å².